The lowest BCUT2D eigenvalue weighted by Crippen LogP contribution is -2.24. The zero-order chi connectivity index (χ0) is 19.5. The van der Waals surface area contributed by atoms with Crippen LogP contribution in [0.4, 0.5) is 5.69 Å². The molecule has 0 saturated heterocycles. The highest BCUT2D eigenvalue weighted by molar-refractivity contribution is 5.98. The fourth-order valence-corrected chi connectivity index (χ4v) is 3.29. The largest absolute Gasteiger partial charge is 0.348 e. The third-order valence-electron chi connectivity index (χ3n) is 4.94. The maximum Gasteiger partial charge on any atom is 0.253 e. The second kappa shape index (κ2) is 7.72. The fourth-order valence-electron chi connectivity index (χ4n) is 3.29. The van der Waals surface area contributed by atoms with Gasteiger partial charge in [0.1, 0.15) is 0 Å². The van der Waals surface area contributed by atoms with E-state index in [4.69, 9.17) is 0 Å². The van der Waals surface area contributed by atoms with Gasteiger partial charge in [0.05, 0.1) is 11.3 Å². The van der Waals surface area contributed by atoms with E-state index in [0.717, 1.165) is 35.3 Å². The maximum atomic E-state index is 12.9. The minimum Gasteiger partial charge on any atom is -0.348 e. The molecule has 5 heteroatoms. The lowest BCUT2D eigenvalue weighted by atomic mass is 10.1. The molecule has 5 nitrogen and oxygen atoms in total. The lowest BCUT2D eigenvalue weighted by molar-refractivity contribution is -0.117. The highest BCUT2D eigenvalue weighted by atomic mass is 16.2. The second-order valence-electron chi connectivity index (χ2n) is 7.21. The Labute approximate surface area is 164 Å². The number of nitrogens with zero attached hydrogens (tertiary/aromatic N) is 1. The smallest absolute Gasteiger partial charge is 0.253 e. The second-order valence-corrected chi connectivity index (χ2v) is 7.21. The molecule has 0 radical (unpaired) electrons. The summed E-state index contributed by atoms with van der Waals surface area (Å²) in [5.74, 6) is 0.119. The predicted molar refractivity (Wildman–Crippen MR) is 109 cm³/mol. The maximum absolute atomic E-state index is 12.9. The van der Waals surface area contributed by atoms with Crippen molar-refractivity contribution in [2.45, 2.75) is 26.3 Å². The van der Waals surface area contributed by atoms with Gasteiger partial charge in [-0.25, -0.2) is 0 Å². The van der Waals surface area contributed by atoms with E-state index in [1.54, 1.807) is 0 Å². The normalized spacial score (nSPS) is 13.2. The molecule has 0 spiro atoms. The molecule has 4 rings (SSSR count). The van der Waals surface area contributed by atoms with E-state index in [2.05, 4.69) is 10.6 Å². The molecule has 28 heavy (non-hydrogen) atoms. The highest BCUT2D eigenvalue weighted by Gasteiger charge is 2.29. The summed E-state index contributed by atoms with van der Waals surface area (Å²) in [6.07, 6.45) is 5.82. The molecule has 1 saturated carbocycles. The van der Waals surface area contributed by atoms with Crippen LogP contribution in [0.1, 0.15) is 34.3 Å². The summed E-state index contributed by atoms with van der Waals surface area (Å²) >= 11 is 0. The Balaban J connectivity index is 1.47. The van der Waals surface area contributed by atoms with Crippen LogP contribution >= 0.6 is 0 Å². The average Bonchev–Trinajstić information content (AvgIpc) is 3.42. The summed E-state index contributed by atoms with van der Waals surface area (Å²) in [7, 11) is 0. The number of nitrogens with one attached hydrogen (secondary N) is 2. The lowest BCUT2D eigenvalue weighted by Gasteiger charge is -2.14. The number of hydrogen-bond acceptors (Lipinski definition) is 2. The Hall–Kier alpha value is -3.34. The van der Waals surface area contributed by atoms with Crippen LogP contribution in [0.5, 0.6) is 0 Å². The Kier molecular flexibility index (Phi) is 4.98. The predicted octanol–water partition coefficient (Wildman–Crippen LogP) is 4.06. The molecule has 142 valence electrons. The van der Waals surface area contributed by atoms with Crippen LogP contribution in [0.15, 0.2) is 67.0 Å². The highest BCUT2D eigenvalue weighted by Crippen LogP contribution is 2.30. The molecule has 1 fully saturated rings. The topological polar surface area (TPSA) is 63.1 Å². The van der Waals surface area contributed by atoms with Crippen molar-refractivity contribution >= 4 is 17.5 Å². The summed E-state index contributed by atoms with van der Waals surface area (Å²) in [6, 6.07) is 17.2. The number of aromatic nitrogens is 1. The molecular formula is C23H23N3O2. The molecule has 1 aliphatic carbocycles. The van der Waals surface area contributed by atoms with Crippen LogP contribution in [0.3, 0.4) is 0 Å². The van der Waals surface area contributed by atoms with E-state index >= 15 is 0 Å². The van der Waals surface area contributed by atoms with Crippen LogP contribution in [0.25, 0.3) is 5.69 Å². The monoisotopic (exact) mass is 373 g/mol. The van der Waals surface area contributed by atoms with Gasteiger partial charge in [-0.1, -0.05) is 24.3 Å². The van der Waals surface area contributed by atoms with E-state index in [9.17, 15) is 9.59 Å². The van der Waals surface area contributed by atoms with Gasteiger partial charge >= 0.3 is 0 Å². The quantitative estimate of drug-likeness (QED) is 0.684. The molecule has 1 heterocycles. The van der Waals surface area contributed by atoms with Gasteiger partial charge in [-0.3, -0.25) is 9.59 Å². The number of benzene rings is 2. The standard InChI is InChI=1S/C23H23N3O2/c1-16-6-4-9-20(21(16)26-12-2-3-13-26)23(28)24-15-17-7-5-8-19(14-17)25-22(27)18-10-11-18/h2-9,12-14,18H,10-11,15H2,1H3,(H,24,28)(H,25,27). The Morgan fingerprint density at radius 2 is 1.79 bits per heavy atom. The Morgan fingerprint density at radius 1 is 1.04 bits per heavy atom. The number of carbonyl (C=O) groups excluding carboxylic acids is 2. The van der Waals surface area contributed by atoms with Crippen molar-refractivity contribution in [1.82, 2.24) is 9.88 Å². The number of aryl methyl sites for hydroxylation is 1. The van der Waals surface area contributed by atoms with Crippen molar-refractivity contribution in [3.8, 4) is 5.69 Å². The molecule has 1 aromatic heterocycles. The van der Waals surface area contributed by atoms with E-state index in [-0.39, 0.29) is 17.7 Å². The molecule has 2 N–H and O–H groups in total. The van der Waals surface area contributed by atoms with Crippen molar-refractivity contribution in [3.05, 3.63) is 83.7 Å². The minimum atomic E-state index is -0.125. The molecule has 2 aromatic carbocycles. The molecule has 1 aliphatic rings. The van der Waals surface area contributed by atoms with Crippen LogP contribution in [-0.2, 0) is 11.3 Å². The van der Waals surface area contributed by atoms with Crippen LogP contribution < -0.4 is 10.6 Å². The van der Waals surface area contributed by atoms with Crippen LogP contribution in [0.2, 0.25) is 0 Å². The molecule has 2 amide bonds. The van der Waals surface area contributed by atoms with E-state index in [1.165, 1.54) is 0 Å². The van der Waals surface area contributed by atoms with Crippen molar-refractivity contribution in [2.75, 3.05) is 5.32 Å². The summed E-state index contributed by atoms with van der Waals surface area (Å²) in [5.41, 5.74) is 4.27. The van der Waals surface area contributed by atoms with Gasteiger partial charge in [-0.05, 0) is 61.2 Å². The third-order valence-corrected chi connectivity index (χ3v) is 4.94. The summed E-state index contributed by atoms with van der Waals surface area (Å²) in [4.78, 5) is 24.8. The first kappa shape index (κ1) is 18.0. The van der Waals surface area contributed by atoms with Gasteiger partial charge in [0.15, 0.2) is 0 Å². The van der Waals surface area contributed by atoms with Crippen molar-refractivity contribution in [2.24, 2.45) is 5.92 Å². The molecule has 0 atom stereocenters. The number of carbonyl (C=O) groups is 2. The van der Waals surface area contributed by atoms with Crippen molar-refractivity contribution < 1.29 is 9.59 Å². The summed E-state index contributed by atoms with van der Waals surface area (Å²) in [5, 5.41) is 5.94. The molecule has 0 unspecified atom stereocenters. The number of anilines is 1. The first-order valence-electron chi connectivity index (χ1n) is 9.53. The Bertz CT molecular complexity index is 1000. The summed E-state index contributed by atoms with van der Waals surface area (Å²) < 4.78 is 1.96. The Morgan fingerprint density at radius 3 is 2.54 bits per heavy atom. The first-order valence-corrected chi connectivity index (χ1v) is 9.53. The number of para-hydroxylation sites is 1. The molecule has 0 bridgehead atoms. The van der Waals surface area contributed by atoms with Gasteiger partial charge in [0, 0.05) is 30.5 Å². The van der Waals surface area contributed by atoms with E-state index < -0.39 is 0 Å². The average molecular weight is 373 g/mol. The van der Waals surface area contributed by atoms with Gasteiger partial charge in [-0.2, -0.15) is 0 Å². The first-order chi connectivity index (χ1) is 13.6. The zero-order valence-electron chi connectivity index (χ0n) is 15.8. The van der Waals surface area contributed by atoms with Crippen LogP contribution in [0, 0.1) is 12.8 Å². The van der Waals surface area contributed by atoms with E-state index in [1.807, 2.05) is 78.5 Å². The minimum absolute atomic E-state index is 0.0808. The van der Waals surface area contributed by atoms with E-state index in [0.29, 0.717) is 12.1 Å². The van der Waals surface area contributed by atoms with Crippen molar-refractivity contribution in [3.63, 3.8) is 0 Å². The number of hydrogen-bond donors (Lipinski definition) is 2. The van der Waals surface area contributed by atoms with Gasteiger partial charge < -0.3 is 15.2 Å². The zero-order valence-corrected chi connectivity index (χ0v) is 15.8. The fraction of sp³-hybridized carbons (Fsp3) is 0.217. The van der Waals surface area contributed by atoms with Gasteiger partial charge in [-0.15, -0.1) is 0 Å². The molecule has 3 aromatic rings. The molecule has 0 aliphatic heterocycles. The summed E-state index contributed by atoms with van der Waals surface area (Å²) in [6.45, 7) is 2.39. The SMILES string of the molecule is Cc1cccc(C(=O)NCc2cccc(NC(=O)C3CC3)c2)c1-n1cccc1. The molecular weight excluding hydrogens is 350 g/mol. The number of rotatable bonds is 6. The third kappa shape index (κ3) is 3.98. The van der Waals surface area contributed by atoms with Crippen molar-refractivity contribution in [1.29, 1.82) is 0 Å². The van der Waals surface area contributed by atoms with Crippen LogP contribution in [-0.4, -0.2) is 16.4 Å². The van der Waals surface area contributed by atoms with Gasteiger partial charge in [0.2, 0.25) is 5.91 Å². The van der Waals surface area contributed by atoms with Gasteiger partial charge in [0.25, 0.3) is 5.91 Å². The number of amides is 2.